The largest absolute Gasteiger partial charge is 0.489 e. The van der Waals surface area contributed by atoms with Gasteiger partial charge in [-0.15, -0.1) is 0 Å². The average molecular weight is 407 g/mol. The summed E-state index contributed by atoms with van der Waals surface area (Å²) in [6.07, 6.45) is 5.07. The minimum atomic E-state index is -0.536. The number of hydrogen-bond acceptors (Lipinski definition) is 6. The molecule has 8 heteroatoms. The maximum Gasteiger partial charge on any atom is 0.414 e. The predicted octanol–water partition coefficient (Wildman–Crippen LogP) is 3.86. The van der Waals surface area contributed by atoms with Crippen LogP contribution in [0, 0.1) is 10.1 Å². The molecular formula is C22H21N3O5. The first-order valence-electron chi connectivity index (χ1n) is 9.57. The van der Waals surface area contributed by atoms with Gasteiger partial charge in [0, 0.05) is 4.98 Å². The Balaban J connectivity index is 1.22. The summed E-state index contributed by atoms with van der Waals surface area (Å²) < 4.78 is 18.6. The van der Waals surface area contributed by atoms with Crippen molar-refractivity contribution >= 4 is 11.9 Å². The molecule has 154 valence electrons. The Morgan fingerprint density at radius 2 is 2.00 bits per heavy atom. The summed E-state index contributed by atoms with van der Waals surface area (Å²) in [5.41, 5.74) is 2.17. The van der Waals surface area contributed by atoms with Gasteiger partial charge in [0.15, 0.2) is 0 Å². The second-order valence-corrected chi connectivity index (χ2v) is 6.80. The summed E-state index contributed by atoms with van der Waals surface area (Å²) in [5, 5.41) is 10.8. The van der Waals surface area contributed by atoms with E-state index in [9.17, 15) is 10.1 Å². The van der Waals surface area contributed by atoms with Crippen LogP contribution in [0.5, 0.6) is 11.8 Å². The zero-order valence-electron chi connectivity index (χ0n) is 16.2. The molecule has 8 nitrogen and oxygen atoms in total. The van der Waals surface area contributed by atoms with Crippen LogP contribution in [0.1, 0.15) is 11.1 Å². The highest BCUT2D eigenvalue weighted by Gasteiger charge is 2.27. The highest BCUT2D eigenvalue weighted by molar-refractivity contribution is 5.50. The van der Waals surface area contributed by atoms with E-state index in [0.29, 0.717) is 26.4 Å². The van der Waals surface area contributed by atoms with E-state index >= 15 is 0 Å². The van der Waals surface area contributed by atoms with Crippen LogP contribution in [0.4, 0.5) is 5.82 Å². The van der Waals surface area contributed by atoms with Gasteiger partial charge in [-0.1, -0.05) is 54.6 Å². The van der Waals surface area contributed by atoms with Crippen molar-refractivity contribution in [1.82, 2.24) is 9.55 Å². The van der Waals surface area contributed by atoms with Crippen molar-refractivity contribution in [3.63, 3.8) is 0 Å². The number of fused-ring (bicyclic) bond motifs is 1. The third-order valence-corrected chi connectivity index (χ3v) is 4.58. The fourth-order valence-corrected chi connectivity index (χ4v) is 3.05. The molecule has 0 saturated heterocycles. The molecule has 0 bridgehead atoms. The lowest BCUT2D eigenvalue weighted by Gasteiger charge is -2.21. The third kappa shape index (κ3) is 5.03. The maximum absolute atomic E-state index is 10.8. The number of rotatable bonds is 8. The molecule has 4 rings (SSSR count). The van der Waals surface area contributed by atoms with Crippen LogP contribution < -0.4 is 9.47 Å². The standard InChI is InChI=1S/C22H21N3O5/c26-25(27)21-14-24-13-20(16-30-22(24)23-21)28-12-4-7-17-8-10-19(11-9-17)29-15-18-5-2-1-3-6-18/h1-11,14,20H,12-13,15-16H2/b7-4+/t20-/m0/s1. The van der Waals surface area contributed by atoms with E-state index in [-0.39, 0.29) is 17.9 Å². The van der Waals surface area contributed by atoms with Gasteiger partial charge in [0.1, 0.15) is 31.3 Å². The fraction of sp³-hybridized carbons (Fsp3) is 0.227. The second-order valence-electron chi connectivity index (χ2n) is 6.80. The van der Waals surface area contributed by atoms with Crippen LogP contribution in [-0.2, 0) is 17.9 Å². The number of benzene rings is 2. The number of hydrogen-bond donors (Lipinski definition) is 0. The highest BCUT2D eigenvalue weighted by Crippen LogP contribution is 2.22. The predicted molar refractivity (Wildman–Crippen MR) is 110 cm³/mol. The Morgan fingerprint density at radius 3 is 2.77 bits per heavy atom. The van der Waals surface area contributed by atoms with Crippen LogP contribution >= 0.6 is 0 Å². The van der Waals surface area contributed by atoms with Crippen LogP contribution in [0.15, 0.2) is 66.9 Å². The zero-order valence-corrected chi connectivity index (χ0v) is 16.2. The minimum Gasteiger partial charge on any atom is -0.489 e. The van der Waals surface area contributed by atoms with E-state index in [0.717, 1.165) is 16.9 Å². The van der Waals surface area contributed by atoms with Crippen molar-refractivity contribution in [2.45, 2.75) is 19.3 Å². The van der Waals surface area contributed by atoms with Crippen LogP contribution in [-0.4, -0.2) is 33.8 Å². The molecule has 2 heterocycles. The quantitative estimate of drug-likeness (QED) is 0.416. The number of imidazole rings is 1. The van der Waals surface area contributed by atoms with Crippen molar-refractivity contribution in [1.29, 1.82) is 0 Å². The molecule has 30 heavy (non-hydrogen) atoms. The van der Waals surface area contributed by atoms with Crippen molar-refractivity contribution in [3.05, 3.63) is 88.1 Å². The Labute approximate surface area is 173 Å². The number of nitro groups is 1. The van der Waals surface area contributed by atoms with Gasteiger partial charge in [0.2, 0.25) is 0 Å². The molecule has 1 aliphatic heterocycles. The smallest absolute Gasteiger partial charge is 0.414 e. The molecule has 0 unspecified atom stereocenters. The molecule has 1 aromatic heterocycles. The number of ether oxygens (including phenoxy) is 3. The molecule has 2 aromatic carbocycles. The van der Waals surface area contributed by atoms with Crippen LogP contribution in [0.25, 0.3) is 6.08 Å². The van der Waals surface area contributed by atoms with E-state index in [2.05, 4.69) is 4.98 Å². The van der Waals surface area contributed by atoms with E-state index in [1.807, 2.05) is 66.7 Å². The topological polar surface area (TPSA) is 88.7 Å². The van der Waals surface area contributed by atoms with Gasteiger partial charge in [-0.2, -0.15) is 0 Å². The van der Waals surface area contributed by atoms with E-state index in [1.54, 1.807) is 4.57 Å². The van der Waals surface area contributed by atoms with Crippen molar-refractivity contribution in [2.75, 3.05) is 13.2 Å². The molecule has 1 aliphatic rings. The first-order valence-corrected chi connectivity index (χ1v) is 9.57. The minimum absolute atomic E-state index is 0.190. The lowest BCUT2D eigenvalue weighted by atomic mass is 10.2. The highest BCUT2D eigenvalue weighted by atomic mass is 16.6. The number of nitrogens with zero attached hydrogens (tertiary/aromatic N) is 3. The summed E-state index contributed by atoms with van der Waals surface area (Å²) in [5.74, 6) is 0.596. The lowest BCUT2D eigenvalue weighted by Crippen LogP contribution is -2.32. The molecule has 0 fully saturated rings. The fourth-order valence-electron chi connectivity index (χ4n) is 3.05. The summed E-state index contributed by atoms with van der Waals surface area (Å²) in [6, 6.07) is 18.1. The van der Waals surface area contributed by atoms with Crippen LogP contribution in [0.2, 0.25) is 0 Å². The Kier molecular flexibility index (Phi) is 6.05. The van der Waals surface area contributed by atoms with Crippen molar-refractivity contribution < 1.29 is 19.1 Å². The van der Waals surface area contributed by atoms with Gasteiger partial charge >= 0.3 is 11.8 Å². The van der Waals surface area contributed by atoms with Crippen LogP contribution in [0.3, 0.4) is 0 Å². The average Bonchev–Trinajstić information content (AvgIpc) is 3.21. The van der Waals surface area contributed by atoms with Crippen molar-refractivity contribution in [2.24, 2.45) is 0 Å². The van der Waals surface area contributed by atoms with Gasteiger partial charge in [-0.05, 0) is 28.2 Å². The van der Waals surface area contributed by atoms with Gasteiger partial charge in [0.25, 0.3) is 0 Å². The van der Waals surface area contributed by atoms with Gasteiger partial charge in [-0.25, -0.2) is 0 Å². The van der Waals surface area contributed by atoms with E-state index in [4.69, 9.17) is 14.2 Å². The molecule has 0 N–H and O–H groups in total. The Bertz CT molecular complexity index is 1020. The molecule has 0 aliphatic carbocycles. The SMILES string of the molecule is O=[N+]([O-])c1cn2c(n1)OC[C@@H](OC/C=C/c1ccc(OCc3ccccc3)cc1)C2. The summed E-state index contributed by atoms with van der Waals surface area (Å²) in [6.45, 7) is 1.73. The van der Waals surface area contributed by atoms with E-state index in [1.165, 1.54) is 6.20 Å². The summed E-state index contributed by atoms with van der Waals surface area (Å²) >= 11 is 0. The molecular weight excluding hydrogens is 386 g/mol. The van der Waals surface area contributed by atoms with E-state index < -0.39 is 4.92 Å². The van der Waals surface area contributed by atoms with Gasteiger partial charge in [0.05, 0.1) is 13.2 Å². The first kappa shape index (κ1) is 19.7. The van der Waals surface area contributed by atoms with Gasteiger partial charge < -0.3 is 24.3 Å². The number of aromatic nitrogens is 2. The molecule has 0 saturated carbocycles. The molecule has 0 amide bonds. The monoisotopic (exact) mass is 407 g/mol. The molecule has 0 radical (unpaired) electrons. The molecule has 3 aromatic rings. The first-order chi connectivity index (χ1) is 14.7. The zero-order chi connectivity index (χ0) is 20.8. The normalized spacial score (nSPS) is 15.5. The second kappa shape index (κ2) is 9.23. The van der Waals surface area contributed by atoms with Gasteiger partial charge in [-0.3, -0.25) is 4.57 Å². The maximum atomic E-state index is 10.8. The summed E-state index contributed by atoms with van der Waals surface area (Å²) in [4.78, 5) is 14.1. The molecule has 0 spiro atoms. The molecule has 1 atom stereocenters. The lowest BCUT2D eigenvalue weighted by molar-refractivity contribution is -0.389. The van der Waals surface area contributed by atoms with Crippen molar-refractivity contribution in [3.8, 4) is 11.8 Å². The summed E-state index contributed by atoms with van der Waals surface area (Å²) in [7, 11) is 0. The Hall–Kier alpha value is -3.65. The third-order valence-electron chi connectivity index (χ3n) is 4.58. The Morgan fingerprint density at radius 1 is 1.20 bits per heavy atom.